The maximum absolute atomic E-state index is 12.4. The molecule has 0 N–H and O–H groups in total. The Morgan fingerprint density at radius 2 is 1.84 bits per heavy atom. The fourth-order valence-electron chi connectivity index (χ4n) is 3.88. The summed E-state index contributed by atoms with van der Waals surface area (Å²) in [5.41, 5.74) is -0.544. The van der Waals surface area contributed by atoms with Crippen LogP contribution in [0.3, 0.4) is 0 Å². The molecular weight excluding hydrogens is 236 g/mol. The zero-order chi connectivity index (χ0) is 14.1. The molecule has 0 bridgehead atoms. The predicted octanol–water partition coefficient (Wildman–Crippen LogP) is 4.71. The summed E-state index contributed by atoms with van der Waals surface area (Å²) in [4.78, 5) is 12.4. The molecule has 3 atom stereocenters. The Bertz CT molecular complexity index is 332. The molecule has 0 heterocycles. The molecule has 0 aliphatic heterocycles. The molecule has 2 fully saturated rings. The Morgan fingerprint density at radius 3 is 2.53 bits per heavy atom. The van der Waals surface area contributed by atoms with Crippen molar-refractivity contribution in [2.45, 2.75) is 84.7 Å². The molecule has 0 aromatic heterocycles. The fourth-order valence-corrected chi connectivity index (χ4v) is 3.88. The van der Waals surface area contributed by atoms with Crippen LogP contribution in [0.5, 0.6) is 0 Å². The minimum atomic E-state index is -0.343. The molecule has 0 amide bonds. The smallest absolute Gasteiger partial charge is 0.312 e. The van der Waals surface area contributed by atoms with Crippen LogP contribution in [0.2, 0.25) is 0 Å². The number of fused-ring (bicyclic) bond motifs is 1. The van der Waals surface area contributed by atoms with E-state index in [1.165, 1.54) is 38.5 Å². The highest BCUT2D eigenvalue weighted by Gasteiger charge is 2.47. The summed E-state index contributed by atoms with van der Waals surface area (Å²) in [7, 11) is 0. The summed E-state index contributed by atoms with van der Waals surface area (Å²) in [5, 5.41) is 0. The zero-order valence-corrected chi connectivity index (χ0v) is 13.1. The molecule has 0 spiro atoms. The fraction of sp³-hybridized carbons (Fsp3) is 0.941. The Labute approximate surface area is 118 Å². The van der Waals surface area contributed by atoms with E-state index in [4.69, 9.17) is 4.74 Å². The van der Waals surface area contributed by atoms with Gasteiger partial charge in [-0.15, -0.1) is 0 Å². The molecule has 2 aliphatic rings. The van der Waals surface area contributed by atoms with Gasteiger partial charge in [0, 0.05) is 5.92 Å². The number of hydrogen-bond donors (Lipinski definition) is 0. The average Bonchev–Trinajstić information content (AvgIpc) is 2.39. The van der Waals surface area contributed by atoms with Gasteiger partial charge in [-0.05, 0) is 58.8 Å². The van der Waals surface area contributed by atoms with E-state index < -0.39 is 0 Å². The van der Waals surface area contributed by atoms with Gasteiger partial charge in [-0.1, -0.05) is 26.2 Å². The van der Waals surface area contributed by atoms with Gasteiger partial charge < -0.3 is 4.74 Å². The molecule has 2 rings (SSSR count). The van der Waals surface area contributed by atoms with E-state index in [1.807, 2.05) is 13.8 Å². The van der Waals surface area contributed by atoms with Gasteiger partial charge in [-0.25, -0.2) is 0 Å². The largest absolute Gasteiger partial charge is 0.459 e. The summed E-state index contributed by atoms with van der Waals surface area (Å²) in [6.45, 7) is 8.26. The summed E-state index contributed by atoms with van der Waals surface area (Å²) in [5.74, 6) is 1.40. The van der Waals surface area contributed by atoms with Gasteiger partial charge >= 0.3 is 5.97 Å². The summed E-state index contributed by atoms with van der Waals surface area (Å²) in [6.07, 6.45) is 9.73. The quantitative estimate of drug-likeness (QED) is 0.691. The van der Waals surface area contributed by atoms with Crippen LogP contribution in [0.4, 0.5) is 0 Å². The first-order valence-electron chi connectivity index (χ1n) is 8.12. The second-order valence-corrected chi connectivity index (χ2v) is 7.48. The summed E-state index contributed by atoms with van der Waals surface area (Å²) < 4.78 is 6.07. The summed E-state index contributed by atoms with van der Waals surface area (Å²) in [6, 6.07) is 0. The first-order valence-corrected chi connectivity index (χ1v) is 8.12. The second-order valence-electron chi connectivity index (χ2n) is 7.48. The van der Waals surface area contributed by atoms with Crippen molar-refractivity contribution in [2.75, 3.05) is 0 Å². The molecule has 2 aliphatic carbocycles. The Balaban J connectivity index is 2.10. The standard InChI is InChI=1S/C17H30O2/c1-5-16(2,3)15(18)19-17(4)12-8-10-13-9-6-7-11-14(13)17/h13-14H,5-12H2,1-4H3. The van der Waals surface area contributed by atoms with E-state index in [2.05, 4.69) is 13.8 Å². The van der Waals surface area contributed by atoms with Crippen LogP contribution in [0.25, 0.3) is 0 Å². The third-order valence-electron chi connectivity index (χ3n) is 5.70. The van der Waals surface area contributed by atoms with Crippen molar-refractivity contribution in [3.8, 4) is 0 Å². The Hall–Kier alpha value is -0.530. The third kappa shape index (κ3) is 2.98. The summed E-state index contributed by atoms with van der Waals surface area (Å²) >= 11 is 0. The first kappa shape index (κ1) is 14.9. The maximum atomic E-state index is 12.4. The van der Waals surface area contributed by atoms with Crippen LogP contribution in [0.1, 0.15) is 79.1 Å². The van der Waals surface area contributed by atoms with E-state index in [-0.39, 0.29) is 17.0 Å². The van der Waals surface area contributed by atoms with Crippen molar-refractivity contribution in [3.05, 3.63) is 0 Å². The lowest BCUT2D eigenvalue weighted by Crippen LogP contribution is -2.49. The van der Waals surface area contributed by atoms with Crippen molar-refractivity contribution in [1.29, 1.82) is 0 Å². The van der Waals surface area contributed by atoms with Crippen LogP contribution in [-0.2, 0) is 9.53 Å². The SMILES string of the molecule is CCC(C)(C)C(=O)OC1(C)CCCC2CCCCC21. The van der Waals surface area contributed by atoms with Crippen molar-refractivity contribution < 1.29 is 9.53 Å². The molecule has 2 nitrogen and oxygen atoms in total. The van der Waals surface area contributed by atoms with Crippen molar-refractivity contribution in [2.24, 2.45) is 17.3 Å². The molecule has 2 saturated carbocycles. The predicted molar refractivity (Wildman–Crippen MR) is 77.9 cm³/mol. The molecule has 0 radical (unpaired) electrons. The zero-order valence-electron chi connectivity index (χ0n) is 13.1. The van der Waals surface area contributed by atoms with E-state index in [9.17, 15) is 4.79 Å². The number of hydrogen-bond acceptors (Lipinski definition) is 2. The van der Waals surface area contributed by atoms with Crippen molar-refractivity contribution >= 4 is 5.97 Å². The van der Waals surface area contributed by atoms with Gasteiger partial charge in [0.25, 0.3) is 0 Å². The molecule has 0 aromatic carbocycles. The van der Waals surface area contributed by atoms with E-state index in [0.717, 1.165) is 18.8 Å². The van der Waals surface area contributed by atoms with Crippen LogP contribution < -0.4 is 0 Å². The van der Waals surface area contributed by atoms with E-state index in [0.29, 0.717) is 5.92 Å². The number of carbonyl (C=O) groups excluding carboxylic acids is 1. The molecule has 0 aromatic rings. The Kier molecular flexibility index (Phi) is 4.27. The van der Waals surface area contributed by atoms with Gasteiger partial charge in [0.05, 0.1) is 5.41 Å². The highest BCUT2D eigenvalue weighted by molar-refractivity contribution is 5.76. The van der Waals surface area contributed by atoms with Gasteiger partial charge in [0.1, 0.15) is 5.60 Å². The normalized spacial score (nSPS) is 35.6. The second kappa shape index (κ2) is 5.46. The number of carbonyl (C=O) groups is 1. The van der Waals surface area contributed by atoms with Gasteiger partial charge in [0.15, 0.2) is 0 Å². The highest BCUT2D eigenvalue weighted by Crippen LogP contribution is 2.48. The molecule has 110 valence electrons. The van der Waals surface area contributed by atoms with Crippen LogP contribution in [0, 0.1) is 17.3 Å². The van der Waals surface area contributed by atoms with Gasteiger partial charge in [-0.3, -0.25) is 4.79 Å². The topological polar surface area (TPSA) is 26.3 Å². The first-order chi connectivity index (χ1) is 8.89. The van der Waals surface area contributed by atoms with Crippen LogP contribution in [-0.4, -0.2) is 11.6 Å². The highest BCUT2D eigenvalue weighted by atomic mass is 16.6. The van der Waals surface area contributed by atoms with Gasteiger partial charge in [-0.2, -0.15) is 0 Å². The van der Waals surface area contributed by atoms with Crippen LogP contribution >= 0.6 is 0 Å². The minimum Gasteiger partial charge on any atom is -0.459 e. The lowest BCUT2D eigenvalue weighted by atomic mass is 9.63. The van der Waals surface area contributed by atoms with Crippen molar-refractivity contribution in [1.82, 2.24) is 0 Å². The van der Waals surface area contributed by atoms with Crippen LogP contribution in [0.15, 0.2) is 0 Å². The molecule has 0 saturated heterocycles. The maximum Gasteiger partial charge on any atom is 0.312 e. The molecule has 3 unspecified atom stereocenters. The van der Waals surface area contributed by atoms with E-state index in [1.54, 1.807) is 0 Å². The third-order valence-corrected chi connectivity index (χ3v) is 5.70. The molecule has 2 heteroatoms. The average molecular weight is 266 g/mol. The van der Waals surface area contributed by atoms with Crippen molar-refractivity contribution in [3.63, 3.8) is 0 Å². The number of esters is 1. The lowest BCUT2D eigenvalue weighted by Gasteiger charge is -2.48. The molecular formula is C17H30O2. The Morgan fingerprint density at radius 1 is 1.21 bits per heavy atom. The minimum absolute atomic E-state index is 0.00345. The monoisotopic (exact) mass is 266 g/mol. The number of rotatable bonds is 3. The van der Waals surface area contributed by atoms with Gasteiger partial charge in [0.2, 0.25) is 0 Å². The molecule has 19 heavy (non-hydrogen) atoms. The lowest BCUT2D eigenvalue weighted by molar-refractivity contribution is -0.184. The van der Waals surface area contributed by atoms with E-state index >= 15 is 0 Å². The number of ether oxygens (including phenoxy) is 1.